The van der Waals surface area contributed by atoms with Crippen LogP contribution in [-0.4, -0.2) is 12.1 Å². The normalized spacial score (nSPS) is 9.94. The predicted octanol–water partition coefficient (Wildman–Crippen LogP) is 3.02. The van der Waals surface area contributed by atoms with Gasteiger partial charge in [-0.25, -0.2) is 9.37 Å². The van der Waals surface area contributed by atoms with E-state index in [-0.39, 0.29) is 12.2 Å². The highest BCUT2D eigenvalue weighted by Gasteiger charge is 2.08. The highest BCUT2D eigenvalue weighted by molar-refractivity contribution is 7.13. The molecular formula is C12H9FN2OS. The van der Waals surface area contributed by atoms with E-state index in [9.17, 15) is 4.39 Å². The van der Waals surface area contributed by atoms with Gasteiger partial charge in [0.2, 0.25) is 0 Å². The van der Waals surface area contributed by atoms with E-state index in [1.807, 2.05) is 6.07 Å². The lowest BCUT2D eigenvalue weighted by Crippen LogP contribution is -1.88. The minimum atomic E-state index is -0.415. The number of halogens is 1. The van der Waals surface area contributed by atoms with Crippen LogP contribution in [0.25, 0.3) is 10.6 Å². The van der Waals surface area contributed by atoms with Crippen molar-refractivity contribution in [3.63, 3.8) is 0 Å². The Morgan fingerprint density at radius 3 is 3.00 bits per heavy atom. The zero-order valence-electron chi connectivity index (χ0n) is 9.11. The van der Waals surface area contributed by atoms with Gasteiger partial charge in [-0.1, -0.05) is 0 Å². The Morgan fingerprint density at radius 2 is 2.35 bits per heavy atom. The Labute approximate surface area is 102 Å². The number of rotatable bonds is 3. The molecule has 17 heavy (non-hydrogen) atoms. The molecule has 0 saturated carbocycles. The van der Waals surface area contributed by atoms with Crippen LogP contribution < -0.4 is 4.74 Å². The predicted molar refractivity (Wildman–Crippen MR) is 63.4 cm³/mol. The van der Waals surface area contributed by atoms with Gasteiger partial charge in [-0.2, -0.15) is 5.26 Å². The molecule has 2 rings (SSSR count). The van der Waals surface area contributed by atoms with Crippen LogP contribution in [0.15, 0.2) is 23.6 Å². The van der Waals surface area contributed by atoms with Crippen molar-refractivity contribution in [2.24, 2.45) is 0 Å². The number of ether oxygens (including phenoxy) is 1. The molecule has 0 bridgehead atoms. The van der Waals surface area contributed by atoms with Crippen LogP contribution in [0, 0.1) is 17.1 Å². The van der Waals surface area contributed by atoms with Gasteiger partial charge in [0.25, 0.3) is 0 Å². The molecule has 0 N–H and O–H groups in total. The van der Waals surface area contributed by atoms with Crippen molar-refractivity contribution in [1.82, 2.24) is 4.98 Å². The molecule has 0 aliphatic rings. The summed E-state index contributed by atoms with van der Waals surface area (Å²) < 4.78 is 18.3. The number of hydrogen-bond donors (Lipinski definition) is 0. The fourth-order valence-corrected chi connectivity index (χ4v) is 2.22. The van der Waals surface area contributed by atoms with Gasteiger partial charge in [0.15, 0.2) is 11.6 Å². The van der Waals surface area contributed by atoms with E-state index >= 15 is 0 Å². The SMILES string of the molecule is COc1ccc(-c2nc(CC#N)cs2)cc1F. The van der Waals surface area contributed by atoms with Gasteiger partial charge in [0.05, 0.1) is 25.3 Å². The quantitative estimate of drug-likeness (QED) is 0.838. The maximum absolute atomic E-state index is 13.5. The second-order valence-electron chi connectivity index (χ2n) is 3.33. The van der Waals surface area contributed by atoms with Gasteiger partial charge in [0.1, 0.15) is 5.01 Å². The number of hydrogen-bond acceptors (Lipinski definition) is 4. The summed E-state index contributed by atoms with van der Waals surface area (Å²) in [4.78, 5) is 4.26. The summed E-state index contributed by atoms with van der Waals surface area (Å²) in [5.41, 5.74) is 1.40. The van der Waals surface area contributed by atoms with E-state index in [1.54, 1.807) is 17.5 Å². The van der Waals surface area contributed by atoms with Crippen molar-refractivity contribution in [3.8, 4) is 22.4 Å². The lowest BCUT2D eigenvalue weighted by Gasteiger charge is -2.02. The van der Waals surface area contributed by atoms with Crippen LogP contribution >= 0.6 is 11.3 Å². The summed E-state index contributed by atoms with van der Waals surface area (Å²) in [7, 11) is 1.42. The largest absolute Gasteiger partial charge is 0.494 e. The molecular weight excluding hydrogens is 239 g/mol. The Morgan fingerprint density at radius 1 is 1.53 bits per heavy atom. The second-order valence-corrected chi connectivity index (χ2v) is 4.19. The first-order valence-electron chi connectivity index (χ1n) is 4.90. The van der Waals surface area contributed by atoms with Crippen LogP contribution in [-0.2, 0) is 6.42 Å². The van der Waals surface area contributed by atoms with Crippen LogP contribution in [0.5, 0.6) is 5.75 Å². The Balaban J connectivity index is 2.33. The van der Waals surface area contributed by atoms with Crippen molar-refractivity contribution >= 4 is 11.3 Å². The number of thiazole rings is 1. The number of benzene rings is 1. The van der Waals surface area contributed by atoms with Gasteiger partial charge in [-0.05, 0) is 18.2 Å². The molecule has 2 aromatic rings. The van der Waals surface area contributed by atoms with Crippen LogP contribution in [0.3, 0.4) is 0 Å². The van der Waals surface area contributed by atoms with Gasteiger partial charge in [-0.15, -0.1) is 11.3 Å². The first-order valence-corrected chi connectivity index (χ1v) is 5.78. The Kier molecular flexibility index (Phi) is 3.35. The molecule has 0 aliphatic carbocycles. The molecule has 1 aromatic carbocycles. The standard InChI is InChI=1S/C12H9FN2OS/c1-16-11-3-2-8(6-10(11)13)12-15-9(4-5-14)7-17-12/h2-3,6-7H,4H2,1H3. The minimum Gasteiger partial charge on any atom is -0.494 e. The van der Waals surface area contributed by atoms with Gasteiger partial charge >= 0.3 is 0 Å². The topological polar surface area (TPSA) is 45.9 Å². The number of aromatic nitrogens is 1. The maximum atomic E-state index is 13.5. The minimum absolute atomic E-state index is 0.211. The highest BCUT2D eigenvalue weighted by atomic mass is 32.1. The van der Waals surface area contributed by atoms with Crippen molar-refractivity contribution < 1.29 is 9.13 Å². The summed E-state index contributed by atoms with van der Waals surface area (Å²) in [5, 5.41) is 11.1. The van der Waals surface area contributed by atoms with Crippen LogP contribution in [0.4, 0.5) is 4.39 Å². The fraction of sp³-hybridized carbons (Fsp3) is 0.167. The van der Waals surface area contributed by atoms with E-state index in [4.69, 9.17) is 10.00 Å². The zero-order valence-corrected chi connectivity index (χ0v) is 9.92. The van der Waals surface area contributed by atoms with Gasteiger partial charge in [0, 0.05) is 10.9 Å². The average molecular weight is 248 g/mol. The lowest BCUT2D eigenvalue weighted by molar-refractivity contribution is 0.386. The molecule has 0 radical (unpaired) electrons. The highest BCUT2D eigenvalue weighted by Crippen LogP contribution is 2.27. The van der Waals surface area contributed by atoms with Crippen molar-refractivity contribution in [2.75, 3.05) is 7.11 Å². The molecule has 1 aromatic heterocycles. The van der Waals surface area contributed by atoms with E-state index in [0.29, 0.717) is 16.3 Å². The summed E-state index contributed by atoms with van der Waals surface area (Å²) in [6.07, 6.45) is 0.273. The summed E-state index contributed by atoms with van der Waals surface area (Å²) >= 11 is 1.40. The third kappa shape index (κ3) is 2.43. The second kappa shape index (κ2) is 4.93. The zero-order chi connectivity index (χ0) is 12.3. The molecule has 0 unspecified atom stereocenters. The molecule has 0 spiro atoms. The first-order chi connectivity index (χ1) is 8.24. The van der Waals surface area contributed by atoms with Gasteiger partial charge in [-0.3, -0.25) is 0 Å². The lowest BCUT2D eigenvalue weighted by atomic mass is 10.2. The molecule has 0 aliphatic heterocycles. The number of nitriles is 1. The molecule has 3 nitrogen and oxygen atoms in total. The molecule has 1 heterocycles. The summed E-state index contributed by atoms with van der Waals surface area (Å²) in [6, 6.07) is 6.72. The third-order valence-corrected chi connectivity index (χ3v) is 3.15. The van der Waals surface area contributed by atoms with Crippen LogP contribution in [0.2, 0.25) is 0 Å². The maximum Gasteiger partial charge on any atom is 0.165 e. The fourth-order valence-electron chi connectivity index (χ4n) is 1.40. The summed E-state index contributed by atoms with van der Waals surface area (Å²) in [5.74, 6) is -0.204. The monoisotopic (exact) mass is 248 g/mol. The molecule has 0 atom stereocenters. The Hall–Kier alpha value is -1.93. The number of methoxy groups -OCH3 is 1. The van der Waals surface area contributed by atoms with Crippen molar-refractivity contribution in [2.45, 2.75) is 6.42 Å². The van der Waals surface area contributed by atoms with E-state index in [0.717, 1.165) is 0 Å². The van der Waals surface area contributed by atoms with Crippen molar-refractivity contribution in [1.29, 1.82) is 5.26 Å². The molecule has 0 fully saturated rings. The van der Waals surface area contributed by atoms with E-state index in [2.05, 4.69) is 4.98 Å². The third-order valence-electron chi connectivity index (χ3n) is 2.21. The average Bonchev–Trinajstić information content (AvgIpc) is 2.78. The Bertz CT molecular complexity index is 574. The molecule has 86 valence electrons. The van der Waals surface area contributed by atoms with Crippen molar-refractivity contribution in [3.05, 3.63) is 35.1 Å². The first kappa shape index (κ1) is 11.6. The number of nitrogens with zero attached hydrogens (tertiary/aromatic N) is 2. The smallest absolute Gasteiger partial charge is 0.165 e. The molecule has 0 saturated heterocycles. The van der Waals surface area contributed by atoms with E-state index in [1.165, 1.54) is 24.5 Å². The van der Waals surface area contributed by atoms with Crippen LogP contribution in [0.1, 0.15) is 5.69 Å². The summed E-state index contributed by atoms with van der Waals surface area (Å²) in [6.45, 7) is 0. The molecule has 0 amide bonds. The van der Waals surface area contributed by atoms with Gasteiger partial charge < -0.3 is 4.74 Å². The van der Waals surface area contributed by atoms with E-state index < -0.39 is 5.82 Å². The molecule has 5 heteroatoms.